The van der Waals surface area contributed by atoms with E-state index in [9.17, 15) is 4.79 Å². The smallest absolute Gasteiger partial charge is 0.224 e. The fourth-order valence-electron chi connectivity index (χ4n) is 4.00. The van der Waals surface area contributed by atoms with Crippen LogP contribution in [0.4, 0.5) is 5.82 Å². The first kappa shape index (κ1) is 20.3. The highest BCUT2D eigenvalue weighted by atomic mass is 16.2. The van der Waals surface area contributed by atoms with Gasteiger partial charge in [0.15, 0.2) is 5.65 Å². The number of nitrogens with one attached hydrogen (secondary N) is 1. The first-order valence-corrected chi connectivity index (χ1v) is 10.7. The number of aromatic nitrogens is 3. The molecule has 1 aromatic carbocycles. The average molecular weight is 407 g/mol. The molecule has 1 fully saturated rings. The highest BCUT2D eigenvalue weighted by Crippen LogP contribution is 2.29. The minimum Gasteiger partial charge on any atom is -0.369 e. The van der Waals surface area contributed by atoms with Gasteiger partial charge in [0, 0.05) is 63.1 Å². The van der Waals surface area contributed by atoms with Gasteiger partial charge in [-0.1, -0.05) is 23.8 Å². The van der Waals surface area contributed by atoms with Gasteiger partial charge in [-0.15, -0.1) is 0 Å². The van der Waals surface area contributed by atoms with E-state index in [1.807, 2.05) is 21.6 Å². The van der Waals surface area contributed by atoms with Crippen LogP contribution in [0.3, 0.4) is 0 Å². The van der Waals surface area contributed by atoms with Crippen molar-refractivity contribution < 1.29 is 4.79 Å². The summed E-state index contributed by atoms with van der Waals surface area (Å²) in [5.41, 5.74) is 3.90. The first-order chi connectivity index (χ1) is 14.5. The van der Waals surface area contributed by atoms with Crippen molar-refractivity contribution in [2.45, 2.75) is 33.2 Å². The number of aryl methyl sites for hydroxylation is 1. The number of rotatable bonds is 6. The van der Waals surface area contributed by atoms with E-state index in [1.165, 1.54) is 5.56 Å². The summed E-state index contributed by atoms with van der Waals surface area (Å²) < 4.78 is 2.00. The van der Waals surface area contributed by atoms with Crippen LogP contribution in [0.5, 0.6) is 0 Å². The minimum absolute atomic E-state index is 0.207. The molecule has 1 N–H and O–H groups in total. The zero-order chi connectivity index (χ0) is 21.1. The van der Waals surface area contributed by atoms with Crippen LogP contribution < -0.4 is 5.32 Å². The Hall–Kier alpha value is -2.93. The Morgan fingerprint density at radius 2 is 2.00 bits per heavy atom. The van der Waals surface area contributed by atoms with Crippen LogP contribution in [0.1, 0.15) is 25.8 Å². The lowest BCUT2D eigenvalue weighted by molar-refractivity contribution is -0.132. The largest absolute Gasteiger partial charge is 0.369 e. The molecule has 0 atom stereocenters. The summed E-state index contributed by atoms with van der Waals surface area (Å²) >= 11 is 0. The normalized spacial score (nSPS) is 15.1. The number of carbonyl (C=O) groups excluding carboxylic acids is 1. The van der Waals surface area contributed by atoms with Gasteiger partial charge in [0.05, 0.1) is 6.20 Å². The van der Waals surface area contributed by atoms with E-state index in [4.69, 9.17) is 4.98 Å². The van der Waals surface area contributed by atoms with Crippen LogP contribution in [0, 0.1) is 6.92 Å². The maximum absolute atomic E-state index is 12.7. The van der Waals surface area contributed by atoms with Crippen molar-refractivity contribution in [2.24, 2.45) is 0 Å². The fourth-order valence-corrected chi connectivity index (χ4v) is 4.00. The molecule has 1 amide bonds. The molecular formula is C23H30N6O. The zero-order valence-electron chi connectivity index (χ0n) is 18.0. The predicted octanol–water partition coefficient (Wildman–Crippen LogP) is 3.06. The zero-order valence-corrected chi connectivity index (χ0v) is 18.0. The van der Waals surface area contributed by atoms with Crippen LogP contribution in [0.25, 0.3) is 16.9 Å². The Balaban J connectivity index is 1.45. The van der Waals surface area contributed by atoms with Gasteiger partial charge in [-0.05, 0) is 26.8 Å². The standard InChI is InChI=1S/C23H30N6O/c1-17(2)27-11-13-28(14-12-27)21(30)7-8-25-23-22(19-6-4-5-18(3)15-19)26-20-16-24-9-10-29(20)23/h4-6,9-10,15-17,25H,7-8,11-14H2,1-3H3. The molecule has 3 aromatic rings. The lowest BCUT2D eigenvalue weighted by atomic mass is 10.1. The Bertz CT molecular complexity index is 1020. The number of piperazine rings is 1. The van der Waals surface area contributed by atoms with E-state index in [2.05, 4.69) is 54.2 Å². The van der Waals surface area contributed by atoms with Crippen LogP contribution >= 0.6 is 0 Å². The van der Waals surface area contributed by atoms with Gasteiger partial charge in [0.2, 0.25) is 5.91 Å². The van der Waals surface area contributed by atoms with Crippen molar-refractivity contribution >= 4 is 17.4 Å². The molecule has 1 saturated heterocycles. The van der Waals surface area contributed by atoms with E-state index < -0.39 is 0 Å². The molecule has 0 saturated carbocycles. The predicted molar refractivity (Wildman–Crippen MR) is 120 cm³/mol. The Morgan fingerprint density at radius 1 is 1.20 bits per heavy atom. The van der Waals surface area contributed by atoms with E-state index in [1.54, 1.807) is 12.4 Å². The molecule has 7 nitrogen and oxygen atoms in total. The highest BCUT2D eigenvalue weighted by molar-refractivity contribution is 5.79. The van der Waals surface area contributed by atoms with Crippen molar-refractivity contribution in [2.75, 3.05) is 38.0 Å². The number of carbonyl (C=O) groups is 1. The average Bonchev–Trinajstić information content (AvgIpc) is 3.12. The second-order valence-electron chi connectivity index (χ2n) is 8.17. The van der Waals surface area contributed by atoms with Crippen molar-refractivity contribution in [1.29, 1.82) is 0 Å². The molecule has 3 heterocycles. The van der Waals surface area contributed by atoms with Crippen molar-refractivity contribution in [1.82, 2.24) is 24.2 Å². The number of hydrogen-bond donors (Lipinski definition) is 1. The number of imidazole rings is 1. The molecule has 4 rings (SSSR count). The Labute approximate surface area is 177 Å². The van der Waals surface area contributed by atoms with Gasteiger partial charge in [-0.2, -0.15) is 0 Å². The van der Waals surface area contributed by atoms with Crippen molar-refractivity contribution in [3.8, 4) is 11.3 Å². The molecule has 0 aliphatic carbocycles. The van der Waals surface area contributed by atoms with Crippen LogP contribution in [0.2, 0.25) is 0 Å². The van der Waals surface area contributed by atoms with Gasteiger partial charge in [0.25, 0.3) is 0 Å². The second kappa shape index (κ2) is 8.83. The molecule has 2 aromatic heterocycles. The maximum atomic E-state index is 12.7. The number of hydrogen-bond acceptors (Lipinski definition) is 5. The quantitative estimate of drug-likeness (QED) is 0.682. The Kier molecular flexibility index (Phi) is 5.99. The fraction of sp³-hybridized carbons (Fsp3) is 0.435. The highest BCUT2D eigenvalue weighted by Gasteiger charge is 2.22. The van der Waals surface area contributed by atoms with Crippen LogP contribution in [-0.2, 0) is 4.79 Å². The van der Waals surface area contributed by atoms with Crippen molar-refractivity contribution in [3.05, 3.63) is 48.4 Å². The topological polar surface area (TPSA) is 65.8 Å². The van der Waals surface area contributed by atoms with Crippen LogP contribution in [0.15, 0.2) is 42.9 Å². The molecule has 1 aliphatic rings. The number of amides is 1. The van der Waals surface area contributed by atoms with E-state index in [0.717, 1.165) is 48.9 Å². The number of benzene rings is 1. The monoisotopic (exact) mass is 406 g/mol. The third-order valence-electron chi connectivity index (χ3n) is 5.75. The third-order valence-corrected chi connectivity index (χ3v) is 5.75. The molecule has 0 radical (unpaired) electrons. The summed E-state index contributed by atoms with van der Waals surface area (Å²) in [6, 6.07) is 8.84. The molecule has 7 heteroatoms. The minimum atomic E-state index is 0.207. The Morgan fingerprint density at radius 3 is 2.73 bits per heavy atom. The summed E-state index contributed by atoms with van der Waals surface area (Å²) in [5.74, 6) is 1.11. The molecular weight excluding hydrogens is 376 g/mol. The number of fused-ring (bicyclic) bond motifs is 1. The molecule has 1 aliphatic heterocycles. The number of nitrogens with zero attached hydrogens (tertiary/aromatic N) is 5. The van der Waals surface area contributed by atoms with Crippen LogP contribution in [-0.4, -0.2) is 68.8 Å². The summed E-state index contributed by atoms with van der Waals surface area (Å²) in [5, 5.41) is 3.47. The summed E-state index contributed by atoms with van der Waals surface area (Å²) in [7, 11) is 0. The van der Waals surface area contributed by atoms with Gasteiger partial charge >= 0.3 is 0 Å². The van der Waals surface area contributed by atoms with Crippen molar-refractivity contribution in [3.63, 3.8) is 0 Å². The lowest BCUT2D eigenvalue weighted by Crippen LogP contribution is -2.50. The summed E-state index contributed by atoms with van der Waals surface area (Å²) in [6.07, 6.45) is 5.87. The molecule has 0 spiro atoms. The molecule has 158 valence electrons. The second-order valence-corrected chi connectivity index (χ2v) is 8.17. The lowest BCUT2D eigenvalue weighted by Gasteiger charge is -2.37. The first-order valence-electron chi connectivity index (χ1n) is 10.7. The van der Waals surface area contributed by atoms with Gasteiger partial charge in [-0.25, -0.2) is 4.98 Å². The van der Waals surface area contributed by atoms with Gasteiger partial charge < -0.3 is 10.2 Å². The summed E-state index contributed by atoms with van der Waals surface area (Å²) in [4.78, 5) is 26.1. The van der Waals surface area contributed by atoms with E-state index in [-0.39, 0.29) is 5.91 Å². The molecule has 0 bridgehead atoms. The molecule has 0 unspecified atom stereocenters. The SMILES string of the molecule is Cc1cccc(-c2nc3cnccn3c2NCCC(=O)N2CCN(C(C)C)CC2)c1. The third kappa shape index (κ3) is 4.31. The van der Waals surface area contributed by atoms with Gasteiger partial charge in [-0.3, -0.25) is 19.1 Å². The van der Waals surface area contributed by atoms with E-state index in [0.29, 0.717) is 19.0 Å². The van der Waals surface area contributed by atoms with E-state index >= 15 is 0 Å². The maximum Gasteiger partial charge on any atom is 0.224 e. The summed E-state index contributed by atoms with van der Waals surface area (Å²) in [6.45, 7) is 10.6. The van der Waals surface area contributed by atoms with Gasteiger partial charge in [0.1, 0.15) is 11.5 Å². The molecule has 30 heavy (non-hydrogen) atoms. The number of anilines is 1.